The van der Waals surface area contributed by atoms with Gasteiger partial charge in [-0.3, -0.25) is 4.79 Å². The lowest BCUT2D eigenvalue weighted by atomic mass is 9.88. The molecule has 3 aromatic heterocycles. The van der Waals surface area contributed by atoms with Crippen LogP contribution in [0.2, 0.25) is 5.28 Å². The maximum absolute atomic E-state index is 15.8. The molecule has 176 valence electrons. The number of aryl methyl sites for hydroxylation is 1. The molecule has 0 radical (unpaired) electrons. The van der Waals surface area contributed by atoms with Crippen molar-refractivity contribution in [2.75, 3.05) is 19.8 Å². The highest BCUT2D eigenvalue weighted by Crippen LogP contribution is 2.41. The molecular formula is C23H21ClFN5O4. The normalized spacial score (nSPS) is 18.8. The van der Waals surface area contributed by atoms with Gasteiger partial charge in [0.05, 0.1) is 36.1 Å². The van der Waals surface area contributed by atoms with Gasteiger partial charge in [-0.05, 0) is 42.0 Å². The third-order valence-electron chi connectivity index (χ3n) is 6.38. The van der Waals surface area contributed by atoms with Crippen LogP contribution in [-0.4, -0.2) is 51.7 Å². The SMILES string of the molecule is O=C1NCCc2[nH]c3c(c21)CCc1cnc(Oc2nc(Cl)ncc2CO[C@H]2CCOC2)c(F)c1-3. The number of nitrogens with zero attached hydrogens (tertiary/aromatic N) is 3. The van der Waals surface area contributed by atoms with E-state index in [4.69, 9.17) is 25.8 Å². The number of pyridine rings is 1. The molecule has 9 nitrogen and oxygen atoms in total. The van der Waals surface area contributed by atoms with Crippen LogP contribution in [0.3, 0.4) is 0 Å². The average molecular weight is 486 g/mol. The molecule has 2 N–H and O–H groups in total. The van der Waals surface area contributed by atoms with Gasteiger partial charge in [-0.2, -0.15) is 4.98 Å². The second-order valence-electron chi connectivity index (χ2n) is 8.48. The Balaban J connectivity index is 1.34. The van der Waals surface area contributed by atoms with Crippen LogP contribution in [0.15, 0.2) is 12.4 Å². The van der Waals surface area contributed by atoms with E-state index in [9.17, 15) is 4.79 Å². The highest BCUT2D eigenvalue weighted by molar-refractivity contribution is 6.28. The van der Waals surface area contributed by atoms with Crippen LogP contribution in [0, 0.1) is 5.82 Å². The van der Waals surface area contributed by atoms with Crippen molar-refractivity contribution in [3.8, 4) is 23.0 Å². The van der Waals surface area contributed by atoms with Crippen molar-refractivity contribution < 1.29 is 23.4 Å². The molecule has 2 aliphatic heterocycles. The second kappa shape index (κ2) is 8.61. The quantitative estimate of drug-likeness (QED) is 0.534. The van der Waals surface area contributed by atoms with Gasteiger partial charge < -0.3 is 24.5 Å². The molecule has 3 aromatic rings. The van der Waals surface area contributed by atoms with Crippen molar-refractivity contribution in [1.29, 1.82) is 0 Å². The molecule has 6 rings (SSSR count). The smallest absolute Gasteiger partial charge is 0.258 e. The molecule has 1 saturated heterocycles. The summed E-state index contributed by atoms with van der Waals surface area (Å²) in [6, 6.07) is 0. The molecule has 34 heavy (non-hydrogen) atoms. The summed E-state index contributed by atoms with van der Waals surface area (Å²) in [4.78, 5) is 28.1. The summed E-state index contributed by atoms with van der Waals surface area (Å²) in [5.41, 5.74) is 4.54. The van der Waals surface area contributed by atoms with Crippen molar-refractivity contribution in [2.24, 2.45) is 0 Å². The molecular weight excluding hydrogens is 465 g/mol. The number of ether oxygens (including phenoxy) is 3. The molecule has 1 atom stereocenters. The lowest BCUT2D eigenvalue weighted by molar-refractivity contribution is 0.0306. The lowest BCUT2D eigenvalue weighted by Crippen LogP contribution is -2.32. The Labute approximate surface area is 199 Å². The highest BCUT2D eigenvalue weighted by atomic mass is 35.5. The van der Waals surface area contributed by atoms with E-state index in [1.165, 1.54) is 6.20 Å². The van der Waals surface area contributed by atoms with Crippen molar-refractivity contribution in [3.63, 3.8) is 0 Å². The van der Waals surface area contributed by atoms with E-state index in [2.05, 4.69) is 25.3 Å². The van der Waals surface area contributed by atoms with Gasteiger partial charge in [0.2, 0.25) is 11.2 Å². The van der Waals surface area contributed by atoms with Crippen LogP contribution < -0.4 is 10.1 Å². The number of nitrogens with one attached hydrogen (secondary N) is 2. The first-order valence-corrected chi connectivity index (χ1v) is 11.5. The first-order valence-electron chi connectivity index (χ1n) is 11.2. The number of carbonyl (C=O) groups excluding carboxylic acids is 1. The fourth-order valence-electron chi connectivity index (χ4n) is 4.71. The molecule has 1 aliphatic carbocycles. The van der Waals surface area contributed by atoms with Crippen LogP contribution in [-0.2, 0) is 35.3 Å². The summed E-state index contributed by atoms with van der Waals surface area (Å²) < 4.78 is 32.8. The molecule has 1 amide bonds. The number of rotatable bonds is 5. The van der Waals surface area contributed by atoms with Gasteiger partial charge in [0, 0.05) is 43.2 Å². The summed E-state index contributed by atoms with van der Waals surface area (Å²) in [5.74, 6) is -0.903. The number of hydrogen-bond acceptors (Lipinski definition) is 7. The molecule has 0 unspecified atom stereocenters. The minimum absolute atomic E-state index is 0.0309. The Bertz CT molecular complexity index is 1290. The maximum atomic E-state index is 15.8. The number of halogens is 2. The summed E-state index contributed by atoms with van der Waals surface area (Å²) in [7, 11) is 0. The monoisotopic (exact) mass is 485 g/mol. The molecule has 0 saturated carbocycles. The van der Waals surface area contributed by atoms with E-state index < -0.39 is 5.82 Å². The lowest BCUT2D eigenvalue weighted by Gasteiger charge is -2.19. The molecule has 11 heteroatoms. The first kappa shape index (κ1) is 21.5. The van der Waals surface area contributed by atoms with E-state index in [0.29, 0.717) is 61.4 Å². The van der Waals surface area contributed by atoms with Gasteiger partial charge in [-0.15, -0.1) is 0 Å². The number of aromatic nitrogens is 4. The van der Waals surface area contributed by atoms with Gasteiger partial charge in [0.25, 0.3) is 11.8 Å². The largest absolute Gasteiger partial charge is 0.417 e. The highest BCUT2D eigenvalue weighted by Gasteiger charge is 2.32. The van der Waals surface area contributed by atoms with Crippen molar-refractivity contribution in [3.05, 3.63) is 51.4 Å². The minimum atomic E-state index is -0.622. The van der Waals surface area contributed by atoms with E-state index >= 15 is 4.39 Å². The fraction of sp³-hybridized carbons (Fsp3) is 0.391. The molecule has 5 heterocycles. The van der Waals surface area contributed by atoms with Crippen LogP contribution in [0.25, 0.3) is 11.3 Å². The summed E-state index contributed by atoms with van der Waals surface area (Å²) in [6.07, 6.45) is 5.75. The Hall–Kier alpha value is -3.08. The molecule has 0 bridgehead atoms. The van der Waals surface area contributed by atoms with Crippen LogP contribution in [0.5, 0.6) is 11.8 Å². The van der Waals surface area contributed by atoms with E-state index in [1.807, 2.05) is 0 Å². The standard InChI is InChI=1S/C23H21ClFN5O4/c24-23-28-8-12(9-33-13-4-6-32-10-13)21(30-23)34-22-18(25)16-11(7-27-22)1-2-14-17-15(29-19(14)16)3-5-26-20(17)31/h7-8,13,29H,1-6,9-10H2,(H,26,31)/t13-/m0/s1. The number of fused-ring (bicyclic) bond motifs is 5. The Morgan fingerprint density at radius 1 is 1.18 bits per heavy atom. The number of H-pyrrole nitrogens is 1. The van der Waals surface area contributed by atoms with Gasteiger partial charge in [0.15, 0.2) is 5.82 Å². The minimum Gasteiger partial charge on any atom is -0.417 e. The fourth-order valence-corrected chi connectivity index (χ4v) is 4.83. The second-order valence-corrected chi connectivity index (χ2v) is 8.82. The molecule has 1 fully saturated rings. The summed E-state index contributed by atoms with van der Waals surface area (Å²) in [5, 5.41) is 2.83. The van der Waals surface area contributed by atoms with Crippen molar-refractivity contribution in [2.45, 2.75) is 38.4 Å². The van der Waals surface area contributed by atoms with E-state index in [-0.39, 0.29) is 35.7 Å². The zero-order valence-corrected chi connectivity index (χ0v) is 18.9. The first-order chi connectivity index (χ1) is 16.6. The zero-order chi connectivity index (χ0) is 23.2. The predicted molar refractivity (Wildman–Crippen MR) is 119 cm³/mol. The molecule has 0 spiro atoms. The van der Waals surface area contributed by atoms with Crippen LogP contribution >= 0.6 is 11.6 Å². The summed E-state index contributed by atoms with van der Waals surface area (Å²) >= 11 is 5.98. The Kier molecular flexibility index (Phi) is 5.43. The molecule has 0 aromatic carbocycles. The summed E-state index contributed by atoms with van der Waals surface area (Å²) in [6.45, 7) is 1.89. The van der Waals surface area contributed by atoms with Crippen LogP contribution in [0.1, 0.15) is 39.2 Å². The van der Waals surface area contributed by atoms with Gasteiger partial charge in [0.1, 0.15) is 0 Å². The van der Waals surface area contributed by atoms with Gasteiger partial charge in [-0.25, -0.2) is 14.4 Å². The van der Waals surface area contributed by atoms with E-state index in [1.54, 1.807) is 6.20 Å². The van der Waals surface area contributed by atoms with Gasteiger partial charge in [-0.1, -0.05) is 0 Å². The third-order valence-corrected chi connectivity index (χ3v) is 6.56. The average Bonchev–Trinajstić information content (AvgIpc) is 3.48. The molecule has 3 aliphatic rings. The number of amides is 1. The predicted octanol–water partition coefficient (Wildman–Crippen LogP) is 3.14. The Morgan fingerprint density at radius 2 is 2.09 bits per heavy atom. The van der Waals surface area contributed by atoms with E-state index in [0.717, 1.165) is 23.2 Å². The third kappa shape index (κ3) is 3.71. The maximum Gasteiger partial charge on any atom is 0.258 e. The van der Waals surface area contributed by atoms with Crippen molar-refractivity contribution >= 4 is 17.5 Å². The van der Waals surface area contributed by atoms with Crippen LogP contribution in [0.4, 0.5) is 4.39 Å². The number of carbonyl (C=O) groups is 1. The number of hydrogen-bond donors (Lipinski definition) is 2. The zero-order valence-electron chi connectivity index (χ0n) is 18.1. The number of aromatic amines is 1. The van der Waals surface area contributed by atoms with Gasteiger partial charge >= 0.3 is 0 Å². The Morgan fingerprint density at radius 3 is 2.94 bits per heavy atom. The topological polar surface area (TPSA) is 111 Å². The van der Waals surface area contributed by atoms with Crippen molar-refractivity contribution in [1.82, 2.24) is 25.3 Å².